The average Bonchev–Trinajstić information content (AvgIpc) is 2.92. The maximum absolute atomic E-state index is 12.1. The molecule has 2 unspecified atom stereocenters. The Morgan fingerprint density at radius 1 is 1.45 bits per heavy atom. The molecule has 1 fully saturated rings. The van der Waals surface area contributed by atoms with Crippen LogP contribution in [0.1, 0.15) is 38.0 Å². The predicted octanol–water partition coefficient (Wildman–Crippen LogP) is 2.82. The summed E-state index contributed by atoms with van der Waals surface area (Å²) < 4.78 is 0. The number of nitrogens with one attached hydrogen (secondary N) is 2. The van der Waals surface area contributed by atoms with E-state index in [4.69, 9.17) is 0 Å². The number of rotatable bonds is 6. The fourth-order valence-electron chi connectivity index (χ4n) is 2.99. The van der Waals surface area contributed by atoms with E-state index in [0.29, 0.717) is 18.3 Å². The Balaban J connectivity index is 1.71. The molecule has 2 N–H and O–H groups in total. The number of carbonyl (C=O) groups is 1. The lowest BCUT2D eigenvalue weighted by atomic mass is 9.84. The van der Waals surface area contributed by atoms with E-state index in [1.807, 2.05) is 0 Å². The van der Waals surface area contributed by atoms with E-state index in [1.54, 1.807) is 11.3 Å². The van der Waals surface area contributed by atoms with Gasteiger partial charge in [-0.15, -0.1) is 11.3 Å². The van der Waals surface area contributed by atoms with Gasteiger partial charge >= 0.3 is 0 Å². The van der Waals surface area contributed by atoms with Crippen molar-refractivity contribution in [3.63, 3.8) is 0 Å². The Morgan fingerprint density at radius 3 is 2.85 bits per heavy atom. The van der Waals surface area contributed by atoms with Crippen molar-refractivity contribution in [3.8, 4) is 0 Å². The lowest BCUT2D eigenvalue weighted by Crippen LogP contribution is -2.37. The number of amides is 1. The summed E-state index contributed by atoms with van der Waals surface area (Å²) in [5.74, 6) is 1.40. The molecule has 0 spiro atoms. The topological polar surface area (TPSA) is 41.1 Å². The minimum Gasteiger partial charge on any atom is -0.353 e. The molecule has 20 heavy (non-hydrogen) atoms. The van der Waals surface area contributed by atoms with Crippen molar-refractivity contribution in [1.29, 1.82) is 0 Å². The van der Waals surface area contributed by atoms with Crippen LogP contribution in [0.5, 0.6) is 0 Å². The molecule has 0 saturated carbocycles. The van der Waals surface area contributed by atoms with Gasteiger partial charge in [-0.2, -0.15) is 0 Å². The highest BCUT2D eigenvalue weighted by molar-refractivity contribution is 7.09. The minimum atomic E-state index is 0.208. The van der Waals surface area contributed by atoms with E-state index in [-0.39, 0.29) is 11.9 Å². The van der Waals surface area contributed by atoms with Crippen LogP contribution in [0.25, 0.3) is 0 Å². The number of piperidine rings is 1. The first-order valence-corrected chi connectivity index (χ1v) is 8.55. The molecule has 2 atom stereocenters. The van der Waals surface area contributed by atoms with Gasteiger partial charge in [-0.25, -0.2) is 0 Å². The highest BCUT2D eigenvalue weighted by Gasteiger charge is 2.22. The molecule has 1 aliphatic heterocycles. The number of carbonyl (C=O) groups excluding carboxylic acids is 1. The molecule has 0 radical (unpaired) electrons. The molecule has 1 amide bonds. The largest absolute Gasteiger partial charge is 0.353 e. The van der Waals surface area contributed by atoms with E-state index >= 15 is 0 Å². The van der Waals surface area contributed by atoms with Crippen molar-refractivity contribution in [2.24, 2.45) is 11.8 Å². The first-order valence-electron chi connectivity index (χ1n) is 7.67. The van der Waals surface area contributed by atoms with Crippen molar-refractivity contribution in [3.05, 3.63) is 22.4 Å². The van der Waals surface area contributed by atoms with Gasteiger partial charge in [0.1, 0.15) is 0 Å². The minimum absolute atomic E-state index is 0.208. The molecule has 0 aliphatic carbocycles. The van der Waals surface area contributed by atoms with Crippen LogP contribution in [0, 0.1) is 11.8 Å². The van der Waals surface area contributed by atoms with E-state index < -0.39 is 0 Å². The third-order valence-corrected chi connectivity index (χ3v) is 5.09. The van der Waals surface area contributed by atoms with Crippen LogP contribution in [-0.2, 0) is 11.2 Å². The Morgan fingerprint density at radius 2 is 2.20 bits per heavy atom. The normalized spacial score (nSPS) is 19.5. The third-order valence-electron chi connectivity index (χ3n) is 4.19. The van der Waals surface area contributed by atoms with Crippen LogP contribution < -0.4 is 10.6 Å². The summed E-state index contributed by atoms with van der Waals surface area (Å²) in [6.45, 7) is 6.52. The van der Waals surface area contributed by atoms with Crippen LogP contribution in [0.15, 0.2) is 17.5 Å². The molecule has 2 heterocycles. The lowest BCUT2D eigenvalue weighted by Gasteiger charge is -2.28. The second-order valence-corrected chi connectivity index (χ2v) is 7.05. The number of thiophene rings is 1. The SMILES string of the molecule is CC(Cc1cccs1)NC(=O)CC(C)C1CCNCC1. The molecular weight excluding hydrogens is 268 g/mol. The molecular formula is C16H26N2OS. The first kappa shape index (κ1) is 15.5. The van der Waals surface area contributed by atoms with Crippen LogP contribution in [0.4, 0.5) is 0 Å². The fraction of sp³-hybridized carbons (Fsp3) is 0.688. The maximum atomic E-state index is 12.1. The monoisotopic (exact) mass is 294 g/mol. The van der Waals surface area contributed by atoms with Crippen LogP contribution in [-0.4, -0.2) is 25.0 Å². The Kier molecular flexibility index (Phi) is 6.05. The summed E-state index contributed by atoms with van der Waals surface area (Å²) in [5.41, 5.74) is 0. The lowest BCUT2D eigenvalue weighted by molar-refractivity contribution is -0.122. The Hall–Kier alpha value is -0.870. The molecule has 4 heteroatoms. The van der Waals surface area contributed by atoms with E-state index in [1.165, 1.54) is 17.7 Å². The molecule has 0 aromatic carbocycles. The average molecular weight is 294 g/mol. The quantitative estimate of drug-likeness (QED) is 0.847. The standard InChI is InChI=1S/C16H26N2OS/c1-12(14-5-7-17-8-6-14)10-16(19)18-13(2)11-15-4-3-9-20-15/h3-4,9,12-14,17H,5-8,10-11H2,1-2H3,(H,18,19). The van der Waals surface area contributed by atoms with Crippen molar-refractivity contribution in [1.82, 2.24) is 10.6 Å². The zero-order valence-corrected chi connectivity index (χ0v) is 13.3. The summed E-state index contributed by atoms with van der Waals surface area (Å²) >= 11 is 1.76. The van der Waals surface area contributed by atoms with Gasteiger partial charge in [0.15, 0.2) is 0 Å². The van der Waals surface area contributed by atoms with Gasteiger partial charge in [-0.05, 0) is 56.1 Å². The molecule has 3 nitrogen and oxygen atoms in total. The van der Waals surface area contributed by atoms with E-state index in [0.717, 1.165) is 19.5 Å². The summed E-state index contributed by atoms with van der Waals surface area (Å²) in [6, 6.07) is 4.42. The second kappa shape index (κ2) is 7.79. The van der Waals surface area contributed by atoms with Crippen LogP contribution >= 0.6 is 11.3 Å². The smallest absolute Gasteiger partial charge is 0.220 e. The highest BCUT2D eigenvalue weighted by atomic mass is 32.1. The molecule has 1 aliphatic rings. The van der Waals surface area contributed by atoms with Crippen molar-refractivity contribution in [2.45, 2.75) is 45.6 Å². The summed E-state index contributed by atoms with van der Waals surface area (Å²) in [7, 11) is 0. The van der Waals surface area contributed by atoms with Gasteiger partial charge < -0.3 is 10.6 Å². The highest BCUT2D eigenvalue weighted by Crippen LogP contribution is 2.24. The summed E-state index contributed by atoms with van der Waals surface area (Å²) in [6.07, 6.45) is 4.02. The third kappa shape index (κ3) is 4.91. The molecule has 1 saturated heterocycles. The molecule has 1 aromatic heterocycles. The van der Waals surface area contributed by atoms with Crippen LogP contribution in [0.2, 0.25) is 0 Å². The van der Waals surface area contributed by atoms with Gasteiger partial charge in [-0.1, -0.05) is 13.0 Å². The van der Waals surface area contributed by atoms with E-state index in [9.17, 15) is 4.79 Å². The van der Waals surface area contributed by atoms with Gasteiger partial charge in [0, 0.05) is 23.8 Å². The zero-order chi connectivity index (χ0) is 14.4. The molecule has 112 valence electrons. The van der Waals surface area contributed by atoms with Gasteiger partial charge in [-0.3, -0.25) is 4.79 Å². The first-order chi connectivity index (χ1) is 9.65. The van der Waals surface area contributed by atoms with Gasteiger partial charge in [0.05, 0.1) is 0 Å². The molecule has 0 bridgehead atoms. The summed E-state index contributed by atoms with van der Waals surface area (Å²) in [4.78, 5) is 13.4. The Labute approximate surface area is 126 Å². The maximum Gasteiger partial charge on any atom is 0.220 e. The van der Waals surface area contributed by atoms with Gasteiger partial charge in [0.25, 0.3) is 0 Å². The fourth-order valence-corrected chi connectivity index (χ4v) is 3.82. The van der Waals surface area contributed by atoms with Crippen molar-refractivity contribution in [2.75, 3.05) is 13.1 Å². The predicted molar refractivity (Wildman–Crippen MR) is 85.0 cm³/mol. The second-order valence-electron chi connectivity index (χ2n) is 6.02. The number of hydrogen-bond acceptors (Lipinski definition) is 3. The number of hydrogen-bond donors (Lipinski definition) is 2. The van der Waals surface area contributed by atoms with Crippen molar-refractivity contribution >= 4 is 17.2 Å². The molecule has 2 rings (SSSR count). The van der Waals surface area contributed by atoms with Crippen molar-refractivity contribution < 1.29 is 4.79 Å². The van der Waals surface area contributed by atoms with Crippen LogP contribution in [0.3, 0.4) is 0 Å². The Bertz CT molecular complexity index is 399. The molecule has 1 aromatic rings. The van der Waals surface area contributed by atoms with E-state index in [2.05, 4.69) is 42.0 Å². The zero-order valence-electron chi connectivity index (χ0n) is 12.5. The summed E-state index contributed by atoms with van der Waals surface area (Å²) in [5, 5.41) is 8.61. The van der Waals surface area contributed by atoms with Gasteiger partial charge in [0.2, 0.25) is 5.91 Å².